The van der Waals surface area contributed by atoms with Gasteiger partial charge in [-0.25, -0.2) is 0 Å². The molecule has 0 aliphatic rings. The van der Waals surface area contributed by atoms with E-state index in [2.05, 4.69) is 164 Å². The summed E-state index contributed by atoms with van der Waals surface area (Å²) in [6.07, 6.45) is 3.21. The molecule has 0 aliphatic carbocycles. The summed E-state index contributed by atoms with van der Waals surface area (Å²) in [4.78, 5) is 9.84. The van der Waals surface area contributed by atoms with Crippen molar-refractivity contribution in [3.63, 3.8) is 0 Å². The molecule has 3 heterocycles. The number of pyridine rings is 1. The first-order valence-electron chi connectivity index (χ1n) is 19.6. The molecule has 5 aromatic carbocycles. The molecular weight excluding hydrogens is 879 g/mol. The Morgan fingerprint density at radius 1 is 0.732 bits per heavy atom. The Labute approximate surface area is 347 Å². The van der Waals surface area contributed by atoms with E-state index in [4.69, 9.17) is 14.4 Å². The largest absolute Gasteiger partial charge is 0.500 e. The van der Waals surface area contributed by atoms with E-state index in [0.717, 1.165) is 62.0 Å². The maximum Gasteiger partial charge on any atom is 0.120 e. The molecule has 0 unspecified atom stereocenters. The summed E-state index contributed by atoms with van der Waals surface area (Å²) in [6, 6.07) is 44.5. The van der Waals surface area contributed by atoms with Gasteiger partial charge in [0.2, 0.25) is 0 Å². The molecule has 8 aromatic rings. The molecule has 4 nitrogen and oxygen atoms in total. The topological polar surface area (TPSA) is 43.9 Å². The molecule has 0 aliphatic heterocycles. The quantitative estimate of drug-likeness (QED) is 0.118. The summed E-state index contributed by atoms with van der Waals surface area (Å²) in [6.45, 7) is 23.1. The molecule has 0 saturated carbocycles. The molecule has 3 aromatic heterocycles. The fraction of sp³-hybridized carbons (Fsp3) is 0.280. The van der Waals surface area contributed by atoms with E-state index in [-0.39, 0.29) is 25.5 Å². The number of nitrogens with zero attached hydrogens (tertiary/aromatic N) is 3. The molecule has 289 valence electrons. The third kappa shape index (κ3) is 8.54. The van der Waals surface area contributed by atoms with Gasteiger partial charge in [-0.15, -0.1) is 59.7 Å². The normalized spacial score (nSPS) is 12.0. The number of rotatable bonds is 7. The van der Waals surface area contributed by atoms with Gasteiger partial charge in [0, 0.05) is 37.4 Å². The predicted octanol–water partition coefficient (Wildman–Crippen LogP) is 13.3. The Balaban J connectivity index is 0.000000209. The Bertz CT molecular complexity index is 2580. The van der Waals surface area contributed by atoms with Crippen LogP contribution in [-0.4, -0.2) is 22.6 Å². The van der Waals surface area contributed by atoms with Crippen LogP contribution in [0.25, 0.3) is 61.3 Å². The maximum absolute atomic E-state index is 6.06. The van der Waals surface area contributed by atoms with Crippen molar-refractivity contribution in [3.8, 4) is 28.3 Å². The van der Waals surface area contributed by atoms with E-state index in [1.807, 2.05) is 36.4 Å². The zero-order valence-electron chi connectivity index (χ0n) is 34.4. The van der Waals surface area contributed by atoms with Crippen LogP contribution < -0.4 is 5.19 Å². The maximum atomic E-state index is 6.06. The zero-order chi connectivity index (χ0) is 39.1. The van der Waals surface area contributed by atoms with Crippen LogP contribution in [0.2, 0.25) is 19.6 Å². The van der Waals surface area contributed by atoms with Gasteiger partial charge in [-0.05, 0) is 63.9 Å². The third-order valence-corrected chi connectivity index (χ3v) is 12.2. The third-order valence-electron chi connectivity index (χ3n) is 10.2. The number of aromatic nitrogens is 3. The fourth-order valence-corrected chi connectivity index (χ4v) is 9.17. The fourth-order valence-electron chi connectivity index (χ4n) is 7.59. The SMILES string of the molecule is CC(C)(C)Cc1cc(-c2[c-]cccc2)ncc1[Si](C)(C)C.CC(C)c1cccc(C(C)C)c1-n1c(-c2[c-]cc3oc4ccccc4c3c2)nc2ccccc21.[Ir]. The average molecular weight is 932 g/mol. The molecular formula is C50H53IrN3OSi-2. The second-order valence-corrected chi connectivity index (χ2v) is 22.6. The van der Waals surface area contributed by atoms with E-state index >= 15 is 0 Å². The van der Waals surface area contributed by atoms with E-state index in [0.29, 0.717) is 11.8 Å². The smallest absolute Gasteiger partial charge is 0.120 e. The molecule has 0 bridgehead atoms. The number of hydrogen-bond acceptors (Lipinski definition) is 3. The van der Waals surface area contributed by atoms with Crippen molar-refractivity contribution in [1.29, 1.82) is 0 Å². The van der Waals surface area contributed by atoms with E-state index in [1.54, 1.807) is 0 Å². The number of fused-ring (bicyclic) bond motifs is 4. The molecule has 0 spiro atoms. The Morgan fingerprint density at radius 2 is 1.41 bits per heavy atom. The van der Waals surface area contributed by atoms with Crippen molar-refractivity contribution in [1.82, 2.24) is 14.5 Å². The molecule has 56 heavy (non-hydrogen) atoms. The summed E-state index contributed by atoms with van der Waals surface area (Å²) in [5.41, 5.74) is 12.5. The summed E-state index contributed by atoms with van der Waals surface area (Å²) < 4.78 is 8.41. The zero-order valence-corrected chi connectivity index (χ0v) is 37.8. The Morgan fingerprint density at radius 3 is 2.07 bits per heavy atom. The standard InChI is InChI=1S/C31H27N2O.C19H26NSi.Ir/c1-19(2)22-11-9-12-23(20(3)4)30(22)33-27-14-7-6-13-26(27)32-31(33)21-16-17-29-25(18-21)24-10-5-8-15-28(24)34-29;1-19(2,3)13-16-12-17(15-10-8-7-9-11-15)20-14-18(16)21(4,5)6;/h5-15,17-20H,1-4H3;7-10,12,14H,13H2,1-6H3;/q2*-1;. The monoisotopic (exact) mass is 932 g/mol. The van der Waals surface area contributed by atoms with Crippen LogP contribution in [0.1, 0.15) is 77.0 Å². The van der Waals surface area contributed by atoms with Crippen LogP contribution in [0.3, 0.4) is 0 Å². The second-order valence-electron chi connectivity index (χ2n) is 17.6. The summed E-state index contributed by atoms with van der Waals surface area (Å²) in [5, 5.41) is 3.68. The van der Waals surface area contributed by atoms with E-state index < -0.39 is 8.07 Å². The van der Waals surface area contributed by atoms with Gasteiger partial charge in [0.05, 0.1) is 30.5 Å². The minimum absolute atomic E-state index is 0. The molecule has 8 rings (SSSR count). The molecule has 0 N–H and O–H groups in total. The average Bonchev–Trinajstić information content (AvgIpc) is 3.72. The minimum atomic E-state index is -1.37. The minimum Gasteiger partial charge on any atom is -0.500 e. The Hall–Kier alpha value is -4.61. The summed E-state index contributed by atoms with van der Waals surface area (Å²) in [5.74, 6) is 1.67. The van der Waals surface area contributed by atoms with Crippen LogP contribution in [-0.2, 0) is 26.5 Å². The number of benzene rings is 5. The van der Waals surface area contributed by atoms with Crippen molar-refractivity contribution in [3.05, 3.63) is 144 Å². The first-order valence-corrected chi connectivity index (χ1v) is 23.1. The van der Waals surface area contributed by atoms with Gasteiger partial charge < -0.3 is 14.0 Å². The van der Waals surface area contributed by atoms with Crippen LogP contribution in [0.15, 0.2) is 120 Å². The predicted molar refractivity (Wildman–Crippen MR) is 235 cm³/mol. The number of hydrogen-bond donors (Lipinski definition) is 0. The van der Waals surface area contributed by atoms with Crippen molar-refractivity contribution in [2.75, 3.05) is 0 Å². The van der Waals surface area contributed by atoms with Crippen LogP contribution in [0.4, 0.5) is 0 Å². The van der Waals surface area contributed by atoms with Crippen molar-refractivity contribution >= 4 is 46.2 Å². The van der Waals surface area contributed by atoms with Gasteiger partial charge in [0.15, 0.2) is 0 Å². The molecule has 0 amide bonds. The van der Waals surface area contributed by atoms with Gasteiger partial charge in [-0.2, -0.15) is 0 Å². The van der Waals surface area contributed by atoms with Crippen LogP contribution in [0.5, 0.6) is 0 Å². The Kier molecular flexibility index (Phi) is 12.1. The van der Waals surface area contributed by atoms with Crippen LogP contribution >= 0.6 is 0 Å². The number of imidazole rings is 1. The van der Waals surface area contributed by atoms with Crippen molar-refractivity contribution in [2.24, 2.45) is 5.41 Å². The van der Waals surface area contributed by atoms with Gasteiger partial charge in [0.25, 0.3) is 0 Å². The summed E-state index contributed by atoms with van der Waals surface area (Å²) >= 11 is 0. The van der Waals surface area contributed by atoms with Crippen molar-refractivity contribution < 1.29 is 24.5 Å². The van der Waals surface area contributed by atoms with Crippen LogP contribution in [0, 0.1) is 17.5 Å². The van der Waals surface area contributed by atoms with Crippen molar-refractivity contribution in [2.45, 2.75) is 86.4 Å². The first kappa shape index (κ1) is 41.0. The number of para-hydroxylation sites is 4. The second kappa shape index (κ2) is 16.5. The molecule has 0 atom stereocenters. The first-order chi connectivity index (χ1) is 26.2. The molecule has 6 heteroatoms. The summed E-state index contributed by atoms with van der Waals surface area (Å²) in [7, 11) is -1.37. The number of furan rings is 1. The molecule has 0 saturated heterocycles. The van der Waals surface area contributed by atoms with Gasteiger partial charge in [-0.1, -0.05) is 134 Å². The van der Waals surface area contributed by atoms with E-state index in [9.17, 15) is 0 Å². The van der Waals surface area contributed by atoms with Gasteiger partial charge >= 0.3 is 0 Å². The van der Waals surface area contributed by atoms with E-state index in [1.165, 1.54) is 27.6 Å². The molecule has 1 radical (unpaired) electrons. The van der Waals surface area contributed by atoms with Gasteiger partial charge in [-0.3, -0.25) is 4.98 Å². The van der Waals surface area contributed by atoms with Gasteiger partial charge in [0.1, 0.15) is 5.58 Å². The molecule has 0 fully saturated rings.